The molecule has 128 valence electrons. The van der Waals surface area contributed by atoms with E-state index in [2.05, 4.69) is 40.5 Å². The molecule has 0 spiro atoms. The number of carbonyl (C=O) groups excluding carboxylic acids is 1. The highest BCUT2D eigenvalue weighted by molar-refractivity contribution is 6.33. The van der Waals surface area contributed by atoms with Gasteiger partial charge >= 0.3 is 0 Å². The number of fused-ring (bicyclic) bond motifs is 1. The van der Waals surface area contributed by atoms with Crippen molar-refractivity contribution in [1.82, 2.24) is 10.2 Å². The highest BCUT2D eigenvalue weighted by atomic mass is 35.5. The third-order valence-electron chi connectivity index (χ3n) is 4.38. The van der Waals surface area contributed by atoms with E-state index in [9.17, 15) is 4.79 Å². The van der Waals surface area contributed by atoms with E-state index in [0.29, 0.717) is 17.1 Å². The Bertz CT molecular complexity index is 886. The summed E-state index contributed by atoms with van der Waals surface area (Å²) < 4.78 is 0. The minimum atomic E-state index is -0.155. The summed E-state index contributed by atoms with van der Waals surface area (Å²) in [6.07, 6.45) is 0. The number of hydrogen-bond acceptors (Lipinski definition) is 2. The summed E-state index contributed by atoms with van der Waals surface area (Å²) in [5, 5.41) is 5.89. The Labute approximate surface area is 153 Å². The van der Waals surface area contributed by atoms with Crippen LogP contribution in [0.15, 0.2) is 66.7 Å². The zero-order valence-corrected chi connectivity index (χ0v) is 15.1. The molecule has 1 amide bonds. The van der Waals surface area contributed by atoms with Crippen LogP contribution in [-0.4, -0.2) is 31.4 Å². The smallest absolute Gasteiger partial charge is 0.252 e. The zero-order valence-electron chi connectivity index (χ0n) is 14.4. The fourth-order valence-electron chi connectivity index (χ4n) is 3.04. The average Bonchev–Trinajstić information content (AvgIpc) is 2.62. The van der Waals surface area contributed by atoms with E-state index in [1.54, 1.807) is 12.1 Å². The summed E-state index contributed by atoms with van der Waals surface area (Å²) in [6.45, 7) is 0.505. The van der Waals surface area contributed by atoms with Gasteiger partial charge in [-0.15, -0.1) is 0 Å². The maximum absolute atomic E-state index is 12.5. The SMILES string of the molecule is CN(C)[C@@H](CNC(=O)c1ccccc1Cl)c1cccc2ccccc12. The quantitative estimate of drug-likeness (QED) is 0.731. The summed E-state index contributed by atoms with van der Waals surface area (Å²) in [5.74, 6) is -0.155. The second kappa shape index (κ2) is 7.68. The summed E-state index contributed by atoms with van der Waals surface area (Å²) in [7, 11) is 4.04. The van der Waals surface area contributed by atoms with E-state index in [1.165, 1.54) is 16.3 Å². The first kappa shape index (κ1) is 17.5. The van der Waals surface area contributed by atoms with Crippen molar-refractivity contribution >= 4 is 28.3 Å². The number of rotatable bonds is 5. The van der Waals surface area contributed by atoms with E-state index in [-0.39, 0.29) is 11.9 Å². The Balaban J connectivity index is 1.85. The molecule has 1 atom stereocenters. The summed E-state index contributed by atoms with van der Waals surface area (Å²) in [6, 6.07) is 21.8. The molecule has 4 heteroatoms. The molecule has 25 heavy (non-hydrogen) atoms. The van der Waals surface area contributed by atoms with E-state index >= 15 is 0 Å². The molecule has 0 aromatic heterocycles. The van der Waals surface area contributed by atoms with Crippen LogP contribution in [0.1, 0.15) is 22.0 Å². The predicted octanol–water partition coefficient (Wildman–Crippen LogP) is 4.53. The van der Waals surface area contributed by atoms with E-state index in [4.69, 9.17) is 11.6 Å². The molecule has 0 heterocycles. The van der Waals surface area contributed by atoms with Crippen LogP contribution in [0.25, 0.3) is 10.8 Å². The molecule has 0 bridgehead atoms. The van der Waals surface area contributed by atoms with Crippen molar-refractivity contribution in [2.45, 2.75) is 6.04 Å². The molecule has 0 unspecified atom stereocenters. The van der Waals surface area contributed by atoms with Crippen LogP contribution in [0, 0.1) is 0 Å². The fraction of sp³-hybridized carbons (Fsp3) is 0.190. The molecule has 3 nitrogen and oxygen atoms in total. The Hall–Kier alpha value is -2.36. The molecule has 3 rings (SSSR count). The van der Waals surface area contributed by atoms with Gasteiger partial charge in [-0.1, -0.05) is 66.2 Å². The lowest BCUT2D eigenvalue weighted by Gasteiger charge is -2.26. The normalized spacial score (nSPS) is 12.3. The van der Waals surface area contributed by atoms with Gasteiger partial charge in [0.2, 0.25) is 0 Å². The van der Waals surface area contributed by atoms with Crippen molar-refractivity contribution in [1.29, 1.82) is 0 Å². The lowest BCUT2D eigenvalue weighted by Crippen LogP contribution is -2.34. The van der Waals surface area contributed by atoms with E-state index in [1.807, 2.05) is 38.4 Å². The van der Waals surface area contributed by atoms with Crippen LogP contribution in [0.2, 0.25) is 5.02 Å². The van der Waals surface area contributed by atoms with Crippen LogP contribution >= 0.6 is 11.6 Å². The van der Waals surface area contributed by atoms with Crippen molar-refractivity contribution in [2.24, 2.45) is 0 Å². The van der Waals surface area contributed by atoms with Crippen molar-refractivity contribution in [3.05, 3.63) is 82.9 Å². The Kier molecular flexibility index (Phi) is 5.37. The molecule has 3 aromatic rings. The van der Waals surface area contributed by atoms with Crippen LogP contribution in [-0.2, 0) is 0 Å². The Morgan fingerprint density at radius 1 is 1.00 bits per heavy atom. The van der Waals surface area contributed by atoms with Gasteiger partial charge in [0.05, 0.1) is 16.6 Å². The van der Waals surface area contributed by atoms with Gasteiger partial charge in [-0.25, -0.2) is 0 Å². The molecule has 0 aliphatic carbocycles. The second-order valence-corrected chi connectivity index (χ2v) is 6.64. The minimum absolute atomic E-state index is 0.0672. The van der Waals surface area contributed by atoms with Crippen LogP contribution in [0.5, 0.6) is 0 Å². The van der Waals surface area contributed by atoms with Gasteiger partial charge < -0.3 is 10.2 Å². The number of likely N-dealkylation sites (N-methyl/N-ethyl adjacent to an activating group) is 1. The number of nitrogens with one attached hydrogen (secondary N) is 1. The van der Waals surface area contributed by atoms with Gasteiger partial charge in [0.1, 0.15) is 0 Å². The van der Waals surface area contributed by atoms with E-state index < -0.39 is 0 Å². The average molecular weight is 353 g/mol. The van der Waals surface area contributed by atoms with Crippen molar-refractivity contribution in [3.63, 3.8) is 0 Å². The van der Waals surface area contributed by atoms with Gasteiger partial charge in [0, 0.05) is 6.54 Å². The number of amides is 1. The van der Waals surface area contributed by atoms with Gasteiger partial charge in [-0.3, -0.25) is 4.79 Å². The largest absolute Gasteiger partial charge is 0.350 e. The maximum atomic E-state index is 12.5. The van der Waals surface area contributed by atoms with Gasteiger partial charge in [0.15, 0.2) is 0 Å². The number of hydrogen-bond donors (Lipinski definition) is 1. The van der Waals surface area contributed by atoms with Crippen molar-refractivity contribution in [2.75, 3.05) is 20.6 Å². The lowest BCUT2D eigenvalue weighted by atomic mass is 9.98. The molecule has 0 radical (unpaired) electrons. The monoisotopic (exact) mass is 352 g/mol. The van der Waals surface area contributed by atoms with Crippen LogP contribution < -0.4 is 5.32 Å². The molecule has 3 aromatic carbocycles. The van der Waals surface area contributed by atoms with Gasteiger partial charge in [-0.2, -0.15) is 0 Å². The van der Waals surface area contributed by atoms with Crippen molar-refractivity contribution in [3.8, 4) is 0 Å². The molecular weight excluding hydrogens is 332 g/mol. The minimum Gasteiger partial charge on any atom is -0.350 e. The summed E-state index contributed by atoms with van der Waals surface area (Å²) in [4.78, 5) is 14.6. The third-order valence-corrected chi connectivity index (χ3v) is 4.71. The summed E-state index contributed by atoms with van der Waals surface area (Å²) >= 11 is 6.12. The van der Waals surface area contributed by atoms with Gasteiger partial charge in [-0.05, 0) is 42.6 Å². The standard InChI is InChI=1S/C21H21ClN2O/c1-24(2)20(14-23-21(25)18-11-5-6-13-19(18)22)17-12-7-9-15-8-3-4-10-16(15)17/h3-13,20H,14H2,1-2H3,(H,23,25)/t20-/m0/s1. The fourth-order valence-corrected chi connectivity index (χ4v) is 3.26. The first-order valence-corrected chi connectivity index (χ1v) is 8.62. The first-order valence-electron chi connectivity index (χ1n) is 8.24. The van der Waals surface area contributed by atoms with Crippen molar-refractivity contribution < 1.29 is 4.79 Å². The molecule has 0 saturated carbocycles. The molecule has 0 fully saturated rings. The highest BCUT2D eigenvalue weighted by Crippen LogP contribution is 2.27. The Morgan fingerprint density at radius 2 is 1.68 bits per heavy atom. The number of carbonyl (C=O) groups is 1. The first-order chi connectivity index (χ1) is 12.1. The van der Waals surface area contributed by atoms with E-state index in [0.717, 1.165) is 0 Å². The Morgan fingerprint density at radius 3 is 2.44 bits per heavy atom. The molecule has 0 aliphatic rings. The molecular formula is C21H21ClN2O. The topological polar surface area (TPSA) is 32.3 Å². The van der Waals surface area contributed by atoms with Crippen LogP contribution in [0.4, 0.5) is 0 Å². The molecule has 0 aliphatic heterocycles. The molecule has 0 saturated heterocycles. The highest BCUT2D eigenvalue weighted by Gasteiger charge is 2.18. The number of benzene rings is 3. The molecule has 1 N–H and O–H groups in total. The van der Waals surface area contributed by atoms with Crippen LogP contribution in [0.3, 0.4) is 0 Å². The maximum Gasteiger partial charge on any atom is 0.252 e. The zero-order chi connectivity index (χ0) is 17.8. The van der Waals surface area contributed by atoms with Gasteiger partial charge in [0.25, 0.3) is 5.91 Å². The third kappa shape index (κ3) is 3.84. The lowest BCUT2D eigenvalue weighted by molar-refractivity contribution is 0.0942. The number of halogens is 1. The number of nitrogens with zero attached hydrogens (tertiary/aromatic N) is 1. The second-order valence-electron chi connectivity index (χ2n) is 6.24. The summed E-state index contributed by atoms with van der Waals surface area (Å²) in [5.41, 5.74) is 1.70. The predicted molar refractivity (Wildman–Crippen MR) is 104 cm³/mol.